The van der Waals surface area contributed by atoms with Crippen LogP contribution in [0.3, 0.4) is 0 Å². The number of rotatable bonds is 15. The van der Waals surface area contributed by atoms with Crippen molar-refractivity contribution in [2.24, 2.45) is 0 Å². The molecule has 0 spiro atoms. The van der Waals surface area contributed by atoms with Crippen LogP contribution < -0.4 is 9.47 Å². The van der Waals surface area contributed by atoms with Crippen LogP contribution >= 0.6 is 0 Å². The van der Waals surface area contributed by atoms with Crippen LogP contribution in [0.1, 0.15) is 18.9 Å². The fraction of sp³-hybridized carbons (Fsp3) is 0.440. The number of benzene rings is 2. The number of carbonyl (C=O) groups is 2. The molecule has 1 unspecified atom stereocenters. The maximum atomic E-state index is 13.9. The third-order valence-electron chi connectivity index (χ3n) is 5.10. The van der Waals surface area contributed by atoms with Crippen LogP contribution in [-0.2, 0) is 20.7 Å². The molecule has 1 N–H and O–H groups in total. The lowest BCUT2D eigenvalue weighted by Crippen LogP contribution is -2.41. The second-order valence-electron chi connectivity index (χ2n) is 7.98. The van der Waals surface area contributed by atoms with Gasteiger partial charge in [-0.2, -0.15) is 22.0 Å². The third-order valence-corrected chi connectivity index (χ3v) is 5.10. The van der Waals surface area contributed by atoms with Crippen LogP contribution in [0.4, 0.5) is 31.1 Å². The molecule has 1 atom stereocenters. The molecular formula is C25H27F6NO7. The van der Waals surface area contributed by atoms with Crippen molar-refractivity contribution in [2.75, 3.05) is 32.9 Å². The van der Waals surface area contributed by atoms with Gasteiger partial charge in [-0.1, -0.05) is 24.3 Å². The molecule has 0 aliphatic heterocycles. The van der Waals surface area contributed by atoms with E-state index in [0.717, 1.165) is 11.0 Å². The number of halogens is 6. The van der Waals surface area contributed by atoms with Gasteiger partial charge in [-0.05, 0) is 43.2 Å². The van der Waals surface area contributed by atoms with Gasteiger partial charge < -0.3 is 29.0 Å². The van der Waals surface area contributed by atoms with Crippen LogP contribution in [0.25, 0.3) is 0 Å². The largest absolute Gasteiger partial charge is 0.492 e. The summed E-state index contributed by atoms with van der Waals surface area (Å²) in [5, 5.41) is 9.19. The summed E-state index contributed by atoms with van der Waals surface area (Å²) in [5.41, 5.74) is 0.661. The second kappa shape index (κ2) is 14.6. The third kappa shape index (κ3) is 10.3. The van der Waals surface area contributed by atoms with Crippen molar-refractivity contribution in [1.82, 2.24) is 4.90 Å². The zero-order valence-electron chi connectivity index (χ0n) is 20.8. The molecule has 0 aromatic heterocycles. The average molecular weight is 567 g/mol. The minimum atomic E-state index is -5.89. The van der Waals surface area contributed by atoms with Gasteiger partial charge in [-0.3, -0.25) is 0 Å². The van der Waals surface area contributed by atoms with Gasteiger partial charge in [0.15, 0.2) is 17.7 Å². The summed E-state index contributed by atoms with van der Waals surface area (Å²) in [4.78, 5) is 24.7. The lowest BCUT2D eigenvalue weighted by atomic mass is 10.1. The molecule has 2 rings (SSSR count). The van der Waals surface area contributed by atoms with Crippen LogP contribution in [-0.4, -0.2) is 73.4 Å². The molecule has 0 saturated heterocycles. The van der Waals surface area contributed by atoms with E-state index >= 15 is 0 Å². The quantitative estimate of drug-likeness (QED) is 0.231. The van der Waals surface area contributed by atoms with E-state index in [1.807, 2.05) is 0 Å². The number of carboxylic acids is 1. The van der Waals surface area contributed by atoms with Gasteiger partial charge in [0.25, 0.3) is 0 Å². The molecule has 0 radical (unpaired) electrons. The van der Waals surface area contributed by atoms with Gasteiger partial charge in [-0.15, -0.1) is 0 Å². The molecule has 0 heterocycles. The Bertz CT molecular complexity index is 1070. The maximum absolute atomic E-state index is 13.9. The fourth-order valence-corrected chi connectivity index (χ4v) is 3.15. The Morgan fingerprint density at radius 3 is 2.23 bits per heavy atom. The van der Waals surface area contributed by atoms with E-state index in [0.29, 0.717) is 11.3 Å². The number of carbonyl (C=O) groups excluding carboxylic acids is 1. The average Bonchev–Trinajstić information content (AvgIpc) is 2.86. The molecule has 0 bridgehead atoms. The number of ether oxygens (including phenoxy) is 4. The summed E-state index contributed by atoms with van der Waals surface area (Å²) in [5.74, 6) is -2.01. The Hall–Kier alpha value is -3.52. The molecule has 0 saturated carbocycles. The van der Waals surface area contributed by atoms with E-state index in [1.165, 1.54) is 18.2 Å². The van der Waals surface area contributed by atoms with Crippen LogP contribution in [0, 0.1) is 5.82 Å². The number of alkyl halides is 5. The molecular weight excluding hydrogens is 540 g/mol. The van der Waals surface area contributed by atoms with Crippen LogP contribution in [0.5, 0.6) is 11.5 Å². The first-order valence-electron chi connectivity index (χ1n) is 11.7. The van der Waals surface area contributed by atoms with Crippen LogP contribution in [0.15, 0.2) is 48.5 Å². The minimum Gasteiger partial charge on any atom is -0.492 e. The molecule has 39 heavy (non-hydrogen) atoms. The predicted molar refractivity (Wildman–Crippen MR) is 124 cm³/mol. The monoisotopic (exact) mass is 567 g/mol. The van der Waals surface area contributed by atoms with E-state index in [1.54, 1.807) is 31.2 Å². The molecule has 1 amide bonds. The van der Waals surface area contributed by atoms with Gasteiger partial charge >= 0.3 is 24.3 Å². The molecule has 8 nitrogen and oxygen atoms in total. The Kier molecular flexibility index (Phi) is 11.9. The van der Waals surface area contributed by atoms with Crippen molar-refractivity contribution in [1.29, 1.82) is 0 Å². The van der Waals surface area contributed by atoms with Gasteiger partial charge in [-0.25, -0.2) is 14.0 Å². The zero-order valence-corrected chi connectivity index (χ0v) is 20.8. The SMILES string of the molecule is CCOC(Cc1ccc(OCCN(CCCOC(F)(F)C(F)(F)F)C(=O)Oc2ccccc2F)cc1)C(=O)O. The number of carboxylic acid groups (broad SMARTS) is 1. The summed E-state index contributed by atoms with van der Waals surface area (Å²) in [6.07, 6.45) is -13.6. The lowest BCUT2D eigenvalue weighted by molar-refractivity contribution is -0.391. The number of hydrogen-bond donors (Lipinski definition) is 1. The Labute approximate surface area is 220 Å². The van der Waals surface area contributed by atoms with Gasteiger partial charge in [0.1, 0.15) is 12.4 Å². The standard InChI is InChI=1S/C25H27F6NO7/c1-2-36-21(22(33)34)16-17-8-10-18(11-9-17)37-15-13-32(12-5-14-38-25(30,31)24(27,28)29)23(35)39-20-7-4-3-6-19(20)26/h3-4,6-11,21H,2,5,12-16H2,1H3,(H,33,34). The van der Waals surface area contributed by atoms with Crippen molar-refractivity contribution < 1.29 is 60.0 Å². The predicted octanol–water partition coefficient (Wildman–Crippen LogP) is 5.30. The van der Waals surface area contributed by atoms with Crippen molar-refractivity contribution in [3.05, 3.63) is 59.9 Å². The number of amides is 1. The Balaban J connectivity index is 1.97. The summed E-state index contributed by atoms with van der Waals surface area (Å²) >= 11 is 0. The Morgan fingerprint density at radius 2 is 1.64 bits per heavy atom. The number of aliphatic carboxylic acids is 1. The summed E-state index contributed by atoms with van der Waals surface area (Å²) in [7, 11) is 0. The molecule has 14 heteroatoms. The first kappa shape index (κ1) is 31.7. The van der Waals surface area contributed by atoms with Crippen LogP contribution in [0.2, 0.25) is 0 Å². The number of para-hydroxylation sites is 1. The Morgan fingerprint density at radius 1 is 0.974 bits per heavy atom. The van der Waals surface area contributed by atoms with Gasteiger partial charge in [0.2, 0.25) is 0 Å². The topological polar surface area (TPSA) is 94.5 Å². The van der Waals surface area contributed by atoms with Gasteiger partial charge in [0, 0.05) is 19.6 Å². The number of nitrogens with zero attached hydrogens (tertiary/aromatic N) is 1. The maximum Gasteiger partial charge on any atom is 0.482 e. The lowest BCUT2D eigenvalue weighted by Gasteiger charge is -2.23. The van der Waals surface area contributed by atoms with E-state index in [9.17, 15) is 41.0 Å². The van der Waals surface area contributed by atoms with Crippen molar-refractivity contribution in [3.63, 3.8) is 0 Å². The summed E-state index contributed by atoms with van der Waals surface area (Å²) in [6.45, 7) is 0.158. The van der Waals surface area contributed by atoms with E-state index in [4.69, 9.17) is 14.2 Å². The smallest absolute Gasteiger partial charge is 0.482 e. The highest BCUT2D eigenvalue weighted by molar-refractivity contribution is 5.72. The molecule has 0 aliphatic carbocycles. The van der Waals surface area contributed by atoms with E-state index in [2.05, 4.69) is 4.74 Å². The normalized spacial score (nSPS) is 12.6. The minimum absolute atomic E-state index is 0.120. The summed E-state index contributed by atoms with van der Waals surface area (Å²) < 4.78 is 95.9. The highest BCUT2D eigenvalue weighted by Gasteiger charge is 2.59. The zero-order chi connectivity index (χ0) is 29.1. The van der Waals surface area contributed by atoms with Crippen molar-refractivity contribution in [2.45, 2.75) is 38.2 Å². The van der Waals surface area contributed by atoms with Crippen molar-refractivity contribution >= 4 is 12.1 Å². The molecule has 0 fully saturated rings. The highest BCUT2D eigenvalue weighted by Crippen LogP contribution is 2.36. The highest BCUT2D eigenvalue weighted by atomic mass is 19.4. The number of hydrogen-bond acceptors (Lipinski definition) is 6. The molecule has 2 aromatic rings. The second-order valence-corrected chi connectivity index (χ2v) is 7.98. The van der Waals surface area contributed by atoms with Gasteiger partial charge in [0.05, 0.1) is 13.2 Å². The molecule has 0 aliphatic rings. The first-order chi connectivity index (χ1) is 18.3. The fourth-order valence-electron chi connectivity index (χ4n) is 3.15. The molecule has 2 aromatic carbocycles. The van der Waals surface area contributed by atoms with E-state index < -0.39 is 55.0 Å². The molecule has 216 valence electrons. The summed E-state index contributed by atoms with van der Waals surface area (Å²) in [6, 6.07) is 11.3. The first-order valence-corrected chi connectivity index (χ1v) is 11.7. The van der Waals surface area contributed by atoms with E-state index in [-0.39, 0.29) is 32.7 Å². The van der Waals surface area contributed by atoms with Crippen molar-refractivity contribution in [3.8, 4) is 11.5 Å².